The summed E-state index contributed by atoms with van der Waals surface area (Å²) in [6.07, 6.45) is 1.46. The van der Waals surface area contributed by atoms with E-state index in [2.05, 4.69) is 15.2 Å². The fourth-order valence-electron chi connectivity index (χ4n) is 1.56. The predicted molar refractivity (Wildman–Crippen MR) is 69.2 cm³/mol. The Morgan fingerprint density at radius 1 is 1.45 bits per heavy atom. The van der Waals surface area contributed by atoms with Gasteiger partial charge in [-0.3, -0.25) is 9.48 Å². The minimum Gasteiger partial charge on any atom is -0.433 e. The Hall–Kier alpha value is -2.15. The third kappa shape index (κ3) is 3.24. The van der Waals surface area contributed by atoms with E-state index in [4.69, 9.17) is 11.6 Å². The van der Waals surface area contributed by atoms with Crippen molar-refractivity contribution >= 4 is 23.2 Å². The number of nitrogens with one attached hydrogen (secondary N) is 1. The van der Waals surface area contributed by atoms with Gasteiger partial charge in [0.15, 0.2) is 5.69 Å². The number of hydrogen-bond acceptors (Lipinski definition) is 3. The van der Waals surface area contributed by atoms with Crippen LogP contribution in [-0.2, 0) is 7.05 Å². The third-order valence-corrected chi connectivity index (χ3v) is 2.63. The average Bonchev–Trinajstić information content (AvgIpc) is 2.70. The van der Waals surface area contributed by atoms with Gasteiger partial charge >= 0.3 is 6.61 Å². The van der Waals surface area contributed by atoms with Crippen molar-refractivity contribution in [3.8, 4) is 5.75 Å². The molecule has 0 radical (unpaired) electrons. The van der Waals surface area contributed by atoms with Crippen molar-refractivity contribution in [3.63, 3.8) is 0 Å². The molecule has 0 aliphatic rings. The number of para-hydroxylation sites is 2. The first kappa shape index (κ1) is 14.3. The molecule has 0 aliphatic heterocycles. The minimum absolute atomic E-state index is 0.000941. The lowest BCUT2D eigenvalue weighted by atomic mass is 10.3. The second-order valence-corrected chi connectivity index (χ2v) is 4.24. The quantitative estimate of drug-likeness (QED) is 0.944. The number of aryl methyl sites for hydroxylation is 1. The molecule has 0 aliphatic carbocycles. The number of benzene rings is 1. The average molecular weight is 302 g/mol. The largest absolute Gasteiger partial charge is 0.433 e. The van der Waals surface area contributed by atoms with E-state index in [0.29, 0.717) is 0 Å². The van der Waals surface area contributed by atoms with Gasteiger partial charge in [-0.1, -0.05) is 23.7 Å². The molecule has 8 heteroatoms. The molecule has 2 rings (SSSR count). The summed E-state index contributed by atoms with van der Waals surface area (Å²) in [5, 5.41) is 6.47. The first-order valence-corrected chi connectivity index (χ1v) is 5.89. The second-order valence-electron chi connectivity index (χ2n) is 3.83. The minimum atomic E-state index is -2.98. The van der Waals surface area contributed by atoms with E-state index in [1.54, 1.807) is 13.1 Å². The molecule has 0 bridgehead atoms. The topological polar surface area (TPSA) is 56.2 Å². The van der Waals surface area contributed by atoms with Crippen LogP contribution in [0.15, 0.2) is 30.5 Å². The highest BCUT2D eigenvalue weighted by Crippen LogP contribution is 2.26. The monoisotopic (exact) mass is 301 g/mol. The number of hydrogen-bond donors (Lipinski definition) is 1. The van der Waals surface area contributed by atoms with E-state index in [1.165, 1.54) is 29.1 Å². The molecule has 20 heavy (non-hydrogen) atoms. The van der Waals surface area contributed by atoms with Gasteiger partial charge in [-0.2, -0.15) is 13.9 Å². The van der Waals surface area contributed by atoms with Gasteiger partial charge < -0.3 is 10.1 Å². The molecule has 1 amide bonds. The lowest BCUT2D eigenvalue weighted by Crippen LogP contribution is -2.15. The van der Waals surface area contributed by atoms with Crippen molar-refractivity contribution in [2.24, 2.45) is 7.05 Å². The SMILES string of the molecule is Cn1cc(Cl)c(C(=O)Nc2ccccc2OC(F)F)n1. The molecule has 1 N–H and O–H groups in total. The Bertz CT molecular complexity index is 631. The number of carbonyl (C=O) groups is 1. The van der Waals surface area contributed by atoms with Crippen molar-refractivity contribution < 1.29 is 18.3 Å². The maximum absolute atomic E-state index is 12.3. The van der Waals surface area contributed by atoms with E-state index in [9.17, 15) is 13.6 Å². The first-order valence-electron chi connectivity index (χ1n) is 5.51. The molecule has 1 aromatic carbocycles. The van der Waals surface area contributed by atoms with Crippen LogP contribution in [0.2, 0.25) is 5.02 Å². The molecule has 0 atom stereocenters. The maximum Gasteiger partial charge on any atom is 0.387 e. The van der Waals surface area contributed by atoms with E-state index in [1.807, 2.05) is 0 Å². The molecule has 1 heterocycles. The Morgan fingerprint density at radius 3 is 2.75 bits per heavy atom. The molecular formula is C12H10ClF2N3O2. The molecule has 0 fully saturated rings. The van der Waals surface area contributed by atoms with Gasteiger partial charge in [-0.05, 0) is 12.1 Å². The van der Waals surface area contributed by atoms with Crippen LogP contribution in [0.25, 0.3) is 0 Å². The van der Waals surface area contributed by atoms with E-state index < -0.39 is 12.5 Å². The molecule has 0 saturated carbocycles. The highest BCUT2D eigenvalue weighted by Gasteiger charge is 2.17. The van der Waals surface area contributed by atoms with Crippen molar-refractivity contribution in [1.82, 2.24) is 9.78 Å². The second kappa shape index (κ2) is 5.87. The summed E-state index contributed by atoms with van der Waals surface area (Å²) < 4.78 is 30.2. The number of carbonyl (C=O) groups excluding carboxylic acids is 1. The summed E-state index contributed by atoms with van der Waals surface area (Å²) in [6, 6.07) is 5.85. The fourth-order valence-corrected chi connectivity index (χ4v) is 1.83. The smallest absolute Gasteiger partial charge is 0.387 e. The third-order valence-electron chi connectivity index (χ3n) is 2.35. The van der Waals surface area contributed by atoms with Crippen molar-refractivity contribution in [1.29, 1.82) is 0 Å². The summed E-state index contributed by atoms with van der Waals surface area (Å²) in [6.45, 7) is -2.98. The molecular weight excluding hydrogens is 292 g/mol. The van der Waals surface area contributed by atoms with Gasteiger partial charge in [0.25, 0.3) is 5.91 Å². The van der Waals surface area contributed by atoms with Crippen LogP contribution in [0.5, 0.6) is 5.75 Å². The Morgan fingerprint density at radius 2 is 2.15 bits per heavy atom. The number of rotatable bonds is 4. The summed E-state index contributed by atoms with van der Waals surface area (Å²) in [5.41, 5.74) is 0.112. The number of amides is 1. The lowest BCUT2D eigenvalue weighted by molar-refractivity contribution is -0.0493. The van der Waals surface area contributed by atoms with E-state index in [-0.39, 0.29) is 22.2 Å². The van der Waals surface area contributed by atoms with E-state index in [0.717, 1.165) is 0 Å². The summed E-state index contributed by atoms with van der Waals surface area (Å²) in [7, 11) is 1.61. The van der Waals surface area contributed by atoms with Crippen LogP contribution in [0.4, 0.5) is 14.5 Å². The number of alkyl halides is 2. The van der Waals surface area contributed by atoms with Crippen LogP contribution < -0.4 is 10.1 Å². The predicted octanol–water partition coefficient (Wildman–Crippen LogP) is 2.93. The Kier molecular flexibility index (Phi) is 4.19. The lowest BCUT2D eigenvalue weighted by Gasteiger charge is -2.10. The highest BCUT2D eigenvalue weighted by atomic mass is 35.5. The number of nitrogens with zero attached hydrogens (tertiary/aromatic N) is 2. The van der Waals surface area contributed by atoms with Gasteiger partial charge in [-0.25, -0.2) is 0 Å². The number of ether oxygens (including phenoxy) is 1. The summed E-state index contributed by atoms with van der Waals surface area (Å²) in [4.78, 5) is 12.0. The van der Waals surface area contributed by atoms with Gasteiger partial charge in [-0.15, -0.1) is 0 Å². The summed E-state index contributed by atoms with van der Waals surface area (Å²) in [5.74, 6) is -0.746. The van der Waals surface area contributed by atoms with Gasteiger partial charge in [0.05, 0.1) is 10.7 Å². The van der Waals surface area contributed by atoms with Gasteiger partial charge in [0, 0.05) is 13.2 Å². The van der Waals surface area contributed by atoms with Crippen LogP contribution in [0, 0.1) is 0 Å². The highest BCUT2D eigenvalue weighted by molar-refractivity contribution is 6.34. The molecule has 106 valence electrons. The van der Waals surface area contributed by atoms with Gasteiger partial charge in [0.1, 0.15) is 5.75 Å². The normalized spacial score (nSPS) is 10.7. The number of anilines is 1. The van der Waals surface area contributed by atoms with Crippen LogP contribution in [-0.4, -0.2) is 22.3 Å². The molecule has 5 nitrogen and oxygen atoms in total. The number of halogens is 3. The van der Waals surface area contributed by atoms with Crippen LogP contribution in [0.1, 0.15) is 10.5 Å². The molecule has 0 saturated heterocycles. The fraction of sp³-hybridized carbons (Fsp3) is 0.167. The zero-order valence-electron chi connectivity index (χ0n) is 10.3. The van der Waals surface area contributed by atoms with Crippen LogP contribution >= 0.6 is 11.6 Å². The van der Waals surface area contributed by atoms with Crippen molar-refractivity contribution in [2.45, 2.75) is 6.61 Å². The zero-order chi connectivity index (χ0) is 14.7. The van der Waals surface area contributed by atoms with Crippen molar-refractivity contribution in [2.75, 3.05) is 5.32 Å². The van der Waals surface area contributed by atoms with Gasteiger partial charge in [0.2, 0.25) is 0 Å². The Balaban J connectivity index is 2.22. The molecule has 0 spiro atoms. The standard InChI is InChI=1S/C12H10ClF2N3O2/c1-18-6-7(13)10(17-18)11(19)16-8-4-2-3-5-9(8)20-12(14)15/h2-6,12H,1H3,(H,16,19). The zero-order valence-corrected chi connectivity index (χ0v) is 11.1. The number of aromatic nitrogens is 2. The van der Waals surface area contributed by atoms with Crippen molar-refractivity contribution in [3.05, 3.63) is 41.2 Å². The molecule has 2 aromatic rings. The summed E-state index contributed by atoms with van der Waals surface area (Å²) >= 11 is 5.83. The first-order chi connectivity index (χ1) is 9.47. The molecule has 1 aromatic heterocycles. The van der Waals surface area contributed by atoms with E-state index >= 15 is 0 Å². The Labute approximate surface area is 118 Å². The maximum atomic E-state index is 12.3. The molecule has 0 unspecified atom stereocenters. The van der Waals surface area contributed by atoms with Crippen LogP contribution in [0.3, 0.4) is 0 Å².